The summed E-state index contributed by atoms with van der Waals surface area (Å²) in [6.45, 7) is 1.94. The maximum Gasteiger partial charge on any atom is 0.123 e. The highest BCUT2D eigenvalue weighted by Gasteiger charge is 2.24. The molecule has 1 fully saturated rings. The molecule has 0 bridgehead atoms. The van der Waals surface area contributed by atoms with Crippen molar-refractivity contribution >= 4 is 10.9 Å². The van der Waals surface area contributed by atoms with Crippen LogP contribution < -0.4 is 5.32 Å². The number of piperidine rings is 1. The van der Waals surface area contributed by atoms with Crippen LogP contribution in [-0.2, 0) is 6.42 Å². The van der Waals surface area contributed by atoms with E-state index in [0.717, 1.165) is 53.6 Å². The summed E-state index contributed by atoms with van der Waals surface area (Å²) < 4.78 is 30.1. The van der Waals surface area contributed by atoms with Crippen LogP contribution in [0.3, 0.4) is 0 Å². The van der Waals surface area contributed by atoms with Crippen molar-refractivity contribution in [1.82, 2.24) is 30.0 Å². The molecule has 3 heterocycles. The number of halogens is 2. The maximum atomic E-state index is 15.1. The molecule has 3 N–H and O–H groups in total. The third kappa shape index (κ3) is 5.58. The Morgan fingerprint density at radius 2 is 1.83 bits per heavy atom. The largest absolute Gasteiger partial charge is 0.394 e. The Bertz CT molecular complexity index is 1220. The Balaban J connectivity index is 1.14. The van der Waals surface area contributed by atoms with Gasteiger partial charge in [0.25, 0.3) is 0 Å². The Morgan fingerprint density at radius 3 is 2.54 bits per heavy atom. The number of fused-ring (bicyclic) bond motifs is 1. The van der Waals surface area contributed by atoms with Crippen LogP contribution >= 0.6 is 0 Å². The normalized spacial score (nSPS) is 17.1. The molecule has 2 atom stereocenters. The number of benzene rings is 2. The Hall–Kier alpha value is -3.14. The second kappa shape index (κ2) is 10.6. The average molecular weight is 481 g/mol. The summed E-state index contributed by atoms with van der Waals surface area (Å²) in [5.41, 5.74) is 3.75. The number of nitrogens with zero attached hydrogens (tertiary/aromatic N) is 4. The van der Waals surface area contributed by atoms with Gasteiger partial charge in [0.1, 0.15) is 24.6 Å². The lowest BCUT2D eigenvalue weighted by atomic mass is 10.00. The van der Waals surface area contributed by atoms with E-state index in [1.807, 2.05) is 29.0 Å². The van der Waals surface area contributed by atoms with Crippen LogP contribution in [0.4, 0.5) is 8.78 Å². The van der Waals surface area contributed by atoms with Gasteiger partial charge in [-0.05, 0) is 67.4 Å². The van der Waals surface area contributed by atoms with E-state index in [1.165, 1.54) is 12.1 Å². The molecule has 1 aliphatic heterocycles. The van der Waals surface area contributed by atoms with E-state index in [0.29, 0.717) is 13.0 Å². The topological polar surface area (TPSA) is 82.0 Å². The third-order valence-electron chi connectivity index (χ3n) is 6.85. The minimum atomic E-state index is -0.971. The molecule has 184 valence electrons. The number of aromatic amines is 1. The maximum absolute atomic E-state index is 15.1. The van der Waals surface area contributed by atoms with Gasteiger partial charge >= 0.3 is 0 Å². The molecule has 2 aromatic carbocycles. The minimum absolute atomic E-state index is 0.0535. The highest BCUT2D eigenvalue weighted by atomic mass is 19.1. The average Bonchev–Trinajstić information content (AvgIpc) is 3.55. The van der Waals surface area contributed by atoms with Crippen LogP contribution in [0, 0.1) is 5.82 Å². The lowest BCUT2D eigenvalue weighted by molar-refractivity contribution is 0.139. The molecular weight excluding hydrogens is 450 g/mol. The first-order chi connectivity index (χ1) is 17.1. The summed E-state index contributed by atoms with van der Waals surface area (Å²) in [5.74, 6) is -0.289. The number of aliphatic hydroxyl groups excluding tert-OH is 1. The number of hydrogen-bond donors (Lipinski definition) is 3. The van der Waals surface area contributed by atoms with Gasteiger partial charge < -0.3 is 20.3 Å². The van der Waals surface area contributed by atoms with Crippen molar-refractivity contribution in [3.8, 4) is 5.69 Å². The molecule has 5 rings (SSSR count). The van der Waals surface area contributed by atoms with Crippen LogP contribution in [0.1, 0.15) is 30.0 Å². The van der Waals surface area contributed by atoms with Crippen molar-refractivity contribution < 1.29 is 13.9 Å². The number of likely N-dealkylation sites (tertiary alicyclic amines) is 1. The lowest BCUT2D eigenvalue weighted by Gasteiger charge is -2.35. The zero-order chi connectivity index (χ0) is 24.2. The number of aromatic nitrogens is 4. The molecule has 0 aliphatic carbocycles. The highest BCUT2D eigenvalue weighted by molar-refractivity contribution is 5.85. The molecule has 2 aromatic heterocycles. The number of nitrogens with one attached hydrogen (secondary N) is 2. The van der Waals surface area contributed by atoms with E-state index >= 15 is 4.39 Å². The summed E-state index contributed by atoms with van der Waals surface area (Å²) in [5, 5.41) is 22.0. The molecule has 1 aliphatic rings. The van der Waals surface area contributed by atoms with Gasteiger partial charge in [0, 0.05) is 41.8 Å². The third-order valence-corrected chi connectivity index (χ3v) is 6.85. The summed E-state index contributed by atoms with van der Waals surface area (Å²) in [4.78, 5) is 5.42. The Morgan fingerprint density at radius 1 is 1.09 bits per heavy atom. The summed E-state index contributed by atoms with van der Waals surface area (Å²) >= 11 is 0. The van der Waals surface area contributed by atoms with Crippen LogP contribution in [-0.4, -0.2) is 68.2 Å². The molecule has 0 amide bonds. The fourth-order valence-electron chi connectivity index (χ4n) is 4.93. The van der Waals surface area contributed by atoms with Crippen molar-refractivity contribution in [2.45, 2.75) is 37.5 Å². The van der Waals surface area contributed by atoms with Gasteiger partial charge in [0.15, 0.2) is 0 Å². The molecule has 4 aromatic rings. The number of rotatable bonds is 9. The first-order valence-corrected chi connectivity index (χ1v) is 12.0. The second-order valence-corrected chi connectivity index (χ2v) is 9.24. The number of alkyl halides is 1. The first-order valence-electron chi connectivity index (χ1n) is 12.0. The molecular formula is C26H30F2N6O. The van der Waals surface area contributed by atoms with Crippen molar-refractivity contribution in [2.24, 2.45) is 0 Å². The molecule has 0 saturated carbocycles. The molecule has 0 spiro atoms. The monoisotopic (exact) mass is 480 g/mol. The SMILES string of the molecule is OC[C@H](NC1CCN(CC(F)Cc2c[nH]c3ccc(-n4cnnc4)cc23)CC1)c1ccc(F)cc1. The van der Waals surface area contributed by atoms with Gasteiger partial charge in [-0.15, -0.1) is 10.2 Å². The molecule has 0 radical (unpaired) electrons. The van der Waals surface area contributed by atoms with E-state index in [9.17, 15) is 9.50 Å². The zero-order valence-electron chi connectivity index (χ0n) is 19.4. The van der Waals surface area contributed by atoms with Crippen LogP contribution in [0.25, 0.3) is 16.6 Å². The molecule has 7 nitrogen and oxygen atoms in total. The van der Waals surface area contributed by atoms with Crippen LogP contribution in [0.2, 0.25) is 0 Å². The van der Waals surface area contributed by atoms with E-state index < -0.39 is 6.17 Å². The quantitative estimate of drug-likeness (QED) is 0.341. The molecule has 35 heavy (non-hydrogen) atoms. The van der Waals surface area contributed by atoms with Crippen molar-refractivity contribution in [3.63, 3.8) is 0 Å². The van der Waals surface area contributed by atoms with E-state index in [2.05, 4.69) is 25.4 Å². The van der Waals surface area contributed by atoms with Crippen molar-refractivity contribution in [3.05, 3.63) is 78.3 Å². The standard InChI is InChI=1S/C26H30F2N6O/c27-20-3-1-18(2-4-20)26(15-35)32-22-7-9-33(10-8-22)14-21(28)11-19-13-29-25-6-5-23(12-24(19)25)34-16-30-31-17-34/h1-6,12-13,16-17,21-22,26,29,32,35H,7-11,14-15H2/t21?,26-/m0/s1. The predicted octanol–water partition coefficient (Wildman–Crippen LogP) is 3.56. The number of aliphatic hydroxyl groups is 1. The highest BCUT2D eigenvalue weighted by Crippen LogP contribution is 2.24. The summed E-state index contributed by atoms with van der Waals surface area (Å²) in [7, 11) is 0. The van der Waals surface area contributed by atoms with E-state index in [1.54, 1.807) is 24.8 Å². The fraction of sp³-hybridized carbons (Fsp3) is 0.385. The number of hydrogen-bond acceptors (Lipinski definition) is 5. The summed E-state index contributed by atoms with van der Waals surface area (Å²) in [6, 6.07) is 12.2. The van der Waals surface area contributed by atoms with Gasteiger partial charge in [-0.2, -0.15) is 0 Å². The second-order valence-electron chi connectivity index (χ2n) is 9.24. The van der Waals surface area contributed by atoms with Gasteiger partial charge in [-0.3, -0.25) is 4.57 Å². The van der Waals surface area contributed by atoms with Crippen molar-refractivity contribution in [2.75, 3.05) is 26.2 Å². The van der Waals surface area contributed by atoms with Gasteiger partial charge in [-0.25, -0.2) is 8.78 Å². The van der Waals surface area contributed by atoms with Crippen LogP contribution in [0.15, 0.2) is 61.3 Å². The van der Waals surface area contributed by atoms with Gasteiger partial charge in [0.2, 0.25) is 0 Å². The fourth-order valence-corrected chi connectivity index (χ4v) is 4.93. The Labute approximate surface area is 202 Å². The smallest absolute Gasteiger partial charge is 0.123 e. The van der Waals surface area contributed by atoms with Crippen LogP contribution in [0.5, 0.6) is 0 Å². The lowest BCUT2D eigenvalue weighted by Crippen LogP contribution is -2.46. The Kier molecular flexibility index (Phi) is 7.17. The molecule has 1 unspecified atom stereocenters. The minimum Gasteiger partial charge on any atom is -0.394 e. The van der Waals surface area contributed by atoms with Crippen molar-refractivity contribution in [1.29, 1.82) is 0 Å². The molecule has 1 saturated heterocycles. The summed E-state index contributed by atoms with van der Waals surface area (Å²) in [6.07, 6.45) is 6.31. The van der Waals surface area contributed by atoms with Gasteiger partial charge in [-0.1, -0.05) is 12.1 Å². The van der Waals surface area contributed by atoms with E-state index in [4.69, 9.17) is 0 Å². The predicted molar refractivity (Wildman–Crippen MR) is 131 cm³/mol. The van der Waals surface area contributed by atoms with Gasteiger partial charge in [0.05, 0.1) is 12.6 Å². The van der Waals surface area contributed by atoms with E-state index in [-0.39, 0.29) is 24.5 Å². The zero-order valence-corrected chi connectivity index (χ0v) is 19.4. The molecule has 9 heteroatoms. The number of H-pyrrole nitrogens is 1. The first kappa shape index (κ1) is 23.6.